The second-order valence-corrected chi connectivity index (χ2v) is 16.9. The van der Waals surface area contributed by atoms with Crippen LogP contribution in [0, 0.1) is 5.82 Å². The minimum absolute atomic E-state index is 0.0521. The Labute approximate surface area is 239 Å². The van der Waals surface area contributed by atoms with Gasteiger partial charge in [0.1, 0.15) is 5.82 Å². The Hall–Kier alpha value is -2.58. The first-order valence-corrected chi connectivity index (χ1v) is 17.9. The van der Waals surface area contributed by atoms with E-state index in [-0.39, 0.29) is 17.4 Å². The van der Waals surface area contributed by atoms with Crippen molar-refractivity contribution in [3.05, 3.63) is 107 Å². The van der Waals surface area contributed by atoms with Crippen molar-refractivity contribution in [2.24, 2.45) is 0 Å². The van der Waals surface area contributed by atoms with Crippen molar-refractivity contribution in [2.45, 2.75) is 57.0 Å². The number of likely N-dealkylation sites (tertiary alicyclic amines) is 1. The number of piperidine rings is 1. The van der Waals surface area contributed by atoms with Crippen LogP contribution in [0.15, 0.2) is 78.9 Å². The van der Waals surface area contributed by atoms with E-state index in [1.807, 2.05) is 12.1 Å². The molecule has 0 saturated carbocycles. The van der Waals surface area contributed by atoms with Crippen LogP contribution in [0.1, 0.15) is 41.1 Å². The van der Waals surface area contributed by atoms with Gasteiger partial charge in [0.05, 0.1) is 18.2 Å². The first-order chi connectivity index (χ1) is 18.7. The fourth-order valence-corrected chi connectivity index (χ4v) is 6.85. The van der Waals surface area contributed by atoms with Crippen LogP contribution in [0.3, 0.4) is 0 Å². The van der Waals surface area contributed by atoms with Gasteiger partial charge in [0, 0.05) is 26.2 Å². The lowest BCUT2D eigenvalue weighted by atomic mass is 9.87. The standard InChI is InChI=1S/C32H40FN3OSSi/c1-39(2,3)37-24-32(18-21-35(22-19-32)23-25-9-5-4-6-10-25)34-31(38)36-20-17-26-11-7-8-12-29(26)30(36)27-13-15-28(33)16-14-27/h4-16,30H,17-24H2,1-3H3,(H,34,38)/t30-/m0/s1. The van der Waals surface area contributed by atoms with E-state index >= 15 is 0 Å². The summed E-state index contributed by atoms with van der Waals surface area (Å²) in [6.45, 7) is 11.2. The summed E-state index contributed by atoms with van der Waals surface area (Å²) in [5, 5.41) is 4.61. The Morgan fingerprint density at radius 3 is 2.31 bits per heavy atom. The first kappa shape index (κ1) is 28.0. The first-order valence-electron chi connectivity index (χ1n) is 14.0. The number of benzene rings is 3. The van der Waals surface area contributed by atoms with Crippen LogP contribution >= 0.6 is 12.2 Å². The third-order valence-electron chi connectivity index (χ3n) is 7.95. The summed E-state index contributed by atoms with van der Waals surface area (Å²) in [6, 6.07) is 26.1. The average Bonchev–Trinajstić information content (AvgIpc) is 2.93. The molecule has 2 aliphatic rings. The van der Waals surface area contributed by atoms with E-state index < -0.39 is 8.32 Å². The molecule has 0 radical (unpaired) electrons. The number of nitrogens with zero attached hydrogens (tertiary/aromatic N) is 2. The van der Waals surface area contributed by atoms with E-state index in [1.165, 1.54) is 16.7 Å². The molecule has 2 heterocycles. The van der Waals surface area contributed by atoms with Crippen molar-refractivity contribution in [3.8, 4) is 0 Å². The van der Waals surface area contributed by atoms with Crippen LogP contribution in [0.25, 0.3) is 0 Å². The van der Waals surface area contributed by atoms with E-state index in [0.717, 1.165) is 56.1 Å². The zero-order chi connectivity index (χ0) is 27.5. The highest BCUT2D eigenvalue weighted by Gasteiger charge is 2.39. The van der Waals surface area contributed by atoms with Crippen molar-refractivity contribution >= 4 is 25.6 Å². The largest absolute Gasteiger partial charge is 0.415 e. The van der Waals surface area contributed by atoms with Crippen LogP contribution in [-0.4, -0.2) is 55.0 Å². The molecule has 0 aromatic heterocycles. The molecule has 39 heavy (non-hydrogen) atoms. The SMILES string of the molecule is C[Si](C)(C)OCC1(NC(=S)N2CCc3ccccc3[C@@H]2c2ccc(F)cc2)CCN(Cc2ccccc2)CC1. The number of halogens is 1. The Morgan fingerprint density at radius 2 is 1.62 bits per heavy atom. The van der Waals surface area contributed by atoms with E-state index in [4.69, 9.17) is 16.6 Å². The number of nitrogens with one attached hydrogen (secondary N) is 1. The molecule has 2 aliphatic heterocycles. The lowest BCUT2D eigenvalue weighted by Gasteiger charge is -2.47. The van der Waals surface area contributed by atoms with Gasteiger partial charge in [-0.2, -0.15) is 0 Å². The van der Waals surface area contributed by atoms with Crippen LogP contribution in [0.2, 0.25) is 19.6 Å². The minimum atomic E-state index is -1.72. The summed E-state index contributed by atoms with van der Waals surface area (Å²) in [6.07, 6.45) is 2.87. The van der Waals surface area contributed by atoms with Gasteiger partial charge in [0.15, 0.2) is 13.4 Å². The third-order valence-corrected chi connectivity index (χ3v) is 9.29. The highest BCUT2D eigenvalue weighted by molar-refractivity contribution is 7.80. The minimum Gasteiger partial charge on any atom is -0.415 e. The Morgan fingerprint density at radius 1 is 0.949 bits per heavy atom. The Bertz CT molecular complexity index is 1260. The van der Waals surface area contributed by atoms with Crippen molar-refractivity contribution < 1.29 is 8.82 Å². The molecule has 1 saturated heterocycles. The fourth-order valence-electron chi connectivity index (χ4n) is 5.73. The molecule has 4 nitrogen and oxygen atoms in total. The second kappa shape index (κ2) is 11.9. The summed E-state index contributed by atoms with van der Waals surface area (Å²) >= 11 is 6.18. The summed E-state index contributed by atoms with van der Waals surface area (Å²) in [4.78, 5) is 4.84. The molecule has 0 bridgehead atoms. The molecule has 1 N–H and O–H groups in total. The van der Waals surface area contributed by atoms with E-state index in [0.29, 0.717) is 6.61 Å². The monoisotopic (exact) mass is 561 g/mol. The molecule has 7 heteroatoms. The highest BCUT2D eigenvalue weighted by Crippen LogP contribution is 2.36. The zero-order valence-electron chi connectivity index (χ0n) is 23.3. The molecule has 1 atom stereocenters. The lowest BCUT2D eigenvalue weighted by Crippen LogP contribution is -2.61. The van der Waals surface area contributed by atoms with Crippen LogP contribution in [0.4, 0.5) is 4.39 Å². The lowest BCUT2D eigenvalue weighted by molar-refractivity contribution is 0.0928. The molecule has 0 amide bonds. The number of fused-ring (bicyclic) bond motifs is 1. The molecular weight excluding hydrogens is 522 g/mol. The molecule has 206 valence electrons. The van der Waals surface area contributed by atoms with Gasteiger partial charge in [-0.25, -0.2) is 4.39 Å². The topological polar surface area (TPSA) is 27.7 Å². The van der Waals surface area contributed by atoms with E-state index in [1.54, 1.807) is 12.1 Å². The molecule has 3 aromatic rings. The molecule has 3 aromatic carbocycles. The third kappa shape index (κ3) is 6.95. The maximum Gasteiger partial charge on any atom is 0.183 e. The van der Waals surface area contributed by atoms with Gasteiger partial charge in [-0.15, -0.1) is 0 Å². The molecular formula is C32H40FN3OSSi. The number of hydrogen-bond donors (Lipinski definition) is 1. The zero-order valence-corrected chi connectivity index (χ0v) is 25.1. The second-order valence-electron chi connectivity index (χ2n) is 12.0. The maximum atomic E-state index is 13.8. The van der Waals surface area contributed by atoms with Gasteiger partial charge in [-0.1, -0.05) is 66.7 Å². The summed E-state index contributed by atoms with van der Waals surface area (Å²) in [5.41, 5.74) is 4.76. The number of thiocarbonyl (C=S) groups is 1. The smallest absolute Gasteiger partial charge is 0.183 e. The molecule has 0 aliphatic carbocycles. The number of hydrogen-bond acceptors (Lipinski definition) is 3. The molecule has 5 rings (SSSR count). The van der Waals surface area contributed by atoms with Gasteiger partial charge < -0.3 is 14.6 Å². The Kier molecular flexibility index (Phi) is 8.52. The van der Waals surface area contributed by atoms with Crippen molar-refractivity contribution in [1.29, 1.82) is 0 Å². The maximum absolute atomic E-state index is 13.8. The molecule has 0 spiro atoms. The summed E-state index contributed by atoms with van der Waals surface area (Å²) < 4.78 is 20.4. The van der Waals surface area contributed by atoms with Crippen molar-refractivity contribution in [2.75, 3.05) is 26.2 Å². The molecule has 1 fully saturated rings. The Balaban J connectivity index is 1.37. The van der Waals surface area contributed by atoms with Crippen molar-refractivity contribution in [3.63, 3.8) is 0 Å². The van der Waals surface area contributed by atoms with Crippen LogP contribution in [-0.2, 0) is 17.4 Å². The van der Waals surface area contributed by atoms with Crippen LogP contribution < -0.4 is 5.32 Å². The highest BCUT2D eigenvalue weighted by atomic mass is 32.1. The van der Waals surface area contributed by atoms with Gasteiger partial charge in [0.2, 0.25) is 0 Å². The number of rotatable bonds is 7. The van der Waals surface area contributed by atoms with Crippen LogP contribution in [0.5, 0.6) is 0 Å². The fraction of sp³-hybridized carbons (Fsp3) is 0.406. The summed E-state index contributed by atoms with van der Waals surface area (Å²) in [5.74, 6) is -0.222. The quantitative estimate of drug-likeness (QED) is 0.261. The normalized spacial score (nSPS) is 19.4. The predicted octanol–water partition coefficient (Wildman–Crippen LogP) is 6.53. The molecule has 0 unspecified atom stereocenters. The van der Waals surface area contributed by atoms with Crippen molar-refractivity contribution in [1.82, 2.24) is 15.1 Å². The van der Waals surface area contributed by atoms with Gasteiger partial charge in [-0.3, -0.25) is 4.90 Å². The van der Waals surface area contributed by atoms with E-state index in [2.05, 4.69) is 89.4 Å². The van der Waals surface area contributed by atoms with Gasteiger partial charge in [-0.05, 0) is 85.5 Å². The average molecular weight is 562 g/mol. The van der Waals surface area contributed by atoms with Gasteiger partial charge >= 0.3 is 0 Å². The van der Waals surface area contributed by atoms with E-state index in [9.17, 15) is 4.39 Å². The predicted molar refractivity (Wildman–Crippen MR) is 164 cm³/mol. The summed E-state index contributed by atoms with van der Waals surface area (Å²) in [7, 11) is -1.72. The van der Waals surface area contributed by atoms with Gasteiger partial charge in [0.25, 0.3) is 0 Å².